The van der Waals surface area contributed by atoms with Crippen LogP contribution in [0.4, 0.5) is 0 Å². The third-order valence-electron chi connectivity index (χ3n) is 1.14. The molecule has 0 aromatic carbocycles. The van der Waals surface area contributed by atoms with E-state index in [2.05, 4.69) is 15.9 Å². The summed E-state index contributed by atoms with van der Waals surface area (Å²) < 4.78 is 0. The average Bonchev–Trinajstić information content (AvgIpc) is 2.19. The summed E-state index contributed by atoms with van der Waals surface area (Å²) in [6.07, 6.45) is 1.29. The predicted octanol–water partition coefficient (Wildman–Crippen LogP) is 0.729. The topological polar surface area (TPSA) is 26.0 Å². The van der Waals surface area contributed by atoms with Crippen molar-refractivity contribution in [3.8, 4) is 0 Å². The van der Waals surface area contributed by atoms with E-state index < -0.39 is 0 Å². The summed E-state index contributed by atoms with van der Waals surface area (Å²) in [5, 5.41) is 0. The van der Waals surface area contributed by atoms with Crippen molar-refractivity contribution >= 4 is 15.9 Å². The van der Waals surface area contributed by atoms with Crippen molar-refractivity contribution in [3.05, 3.63) is 0 Å². The van der Waals surface area contributed by atoms with Crippen LogP contribution in [0, 0.1) is 5.92 Å². The lowest BCUT2D eigenvalue weighted by Gasteiger charge is -1.78. The zero-order valence-electron chi connectivity index (χ0n) is 3.52. The van der Waals surface area contributed by atoms with Gasteiger partial charge in [-0.1, -0.05) is 15.9 Å². The molecule has 2 N–H and O–H groups in total. The van der Waals surface area contributed by atoms with Gasteiger partial charge in [-0.25, -0.2) is 0 Å². The summed E-state index contributed by atoms with van der Waals surface area (Å²) in [6.45, 7) is 0.857. The Morgan fingerprint density at radius 3 is 2.33 bits per heavy atom. The van der Waals surface area contributed by atoms with Gasteiger partial charge in [-0.15, -0.1) is 0 Å². The highest BCUT2D eigenvalue weighted by molar-refractivity contribution is 9.09. The van der Waals surface area contributed by atoms with Crippen molar-refractivity contribution < 1.29 is 0 Å². The predicted molar refractivity (Wildman–Crippen MR) is 29.9 cm³/mol. The zero-order chi connectivity index (χ0) is 4.57. The van der Waals surface area contributed by atoms with Crippen LogP contribution in [0.5, 0.6) is 0 Å². The molecule has 1 aliphatic carbocycles. The van der Waals surface area contributed by atoms with Crippen LogP contribution >= 0.6 is 15.9 Å². The van der Waals surface area contributed by atoms with Gasteiger partial charge >= 0.3 is 0 Å². The fourth-order valence-electron chi connectivity index (χ4n) is 0.455. The first-order chi connectivity index (χ1) is 2.84. The molecule has 0 heterocycles. The van der Waals surface area contributed by atoms with Gasteiger partial charge < -0.3 is 5.73 Å². The van der Waals surface area contributed by atoms with Gasteiger partial charge in [0.2, 0.25) is 0 Å². The molecule has 0 aliphatic heterocycles. The third kappa shape index (κ3) is 0.738. The molecule has 36 valence electrons. The molecule has 0 radical (unpaired) electrons. The fraction of sp³-hybridized carbons (Fsp3) is 1.00. The maximum atomic E-state index is 5.29. The van der Waals surface area contributed by atoms with E-state index in [4.69, 9.17) is 5.73 Å². The number of halogens is 1. The molecule has 0 unspecified atom stereocenters. The monoisotopic (exact) mass is 149 g/mol. The van der Waals surface area contributed by atoms with Gasteiger partial charge in [0.25, 0.3) is 0 Å². The minimum atomic E-state index is 0.752. The SMILES string of the molecule is NC[C@H]1C[C@H]1Br. The van der Waals surface area contributed by atoms with Crippen LogP contribution in [-0.2, 0) is 0 Å². The number of nitrogens with two attached hydrogens (primary N) is 1. The van der Waals surface area contributed by atoms with Crippen LogP contribution in [0.1, 0.15) is 6.42 Å². The molecular weight excluding hydrogens is 142 g/mol. The van der Waals surface area contributed by atoms with Crippen LogP contribution in [0.2, 0.25) is 0 Å². The Bertz CT molecular complexity index is 53.5. The van der Waals surface area contributed by atoms with Gasteiger partial charge in [0, 0.05) is 4.83 Å². The summed E-state index contributed by atoms with van der Waals surface area (Å²) in [5.74, 6) is 0.796. The molecule has 0 aromatic heterocycles. The van der Waals surface area contributed by atoms with Crippen molar-refractivity contribution in [1.82, 2.24) is 0 Å². The molecule has 0 aromatic rings. The van der Waals surface area contributed by atoms with Gasteiger partial charge in [-0.3, -0.25) is 0 Å². The lowest BCUT2D eigenvalue weighted by Crippen LogP contribution is -2.01. The first-order valence-electron chi connectivity index (χ1n) is 2.18. The molecule has 1 fully saturated rings. The van der Waals surface area contributed by atoms with Gasteiger partial charge in [0.05, 0.1) is 0 Å². The molecule has 0 saturated heterocycles. The van der Waals surface area contributed by atoms with Crippen molar-refractivity contribution in [2.24, 2.45) is 11.7 Å². The average molecular weight is 150 g/mol. The molecule has 0 amide bonds. The van der Waals surface area contributed by atoms with E-state index in [1.165, 1.54) is 6.42 Å². The summed E-state index contributed by atoms with van der Waals surface area (Å²) in [6, 6.07) is 0. The number of hydrogen-bond donors (Lipinski definition) is 1. The van der Waals surface area contributed by atoms with Gasteiger partial charge in [-0.05, 0) is 18.9 Å². The van der Waals surface area contributed by atoms with Crippen LogP contribution in [0.3, 0.4) is 0 Å². The number of alkyl halides is 1. The van der Waals surface area contributed by atoms with E-state index in [1.807, 2.05) is 0 Å². The van der Waals surface area contributed by atoms with E-state index >= 15 is 0 Å². The van der Waals surface area contributed by atoms with Gasteiger partial charge in [0.15, 0.2) is 0 Å². The van der Waals surface area contributed by atoms with Crippen LogP contribution in [0.25, 0.3) is 0 Å². The quantitative estimate of drug-likeness (QED) is 0.548. The second kappa shape index (κ2) is 1.51. The molecule has 1 nitrogen and oxygen atoms in total. The smallest absolute Gasteiger partial charge is 0.0190 e. The highest BCUT2D eigenvalue weighted by Crippen LogP contribution is 2.36. The summed E-state index contributed by atoms with van der Waals surface area (Å²) >= 11 is 3.43. The van der Waals surface area contributed by atoms with Crippen LogP contribution in [0.15, 0.2) is 0 Å². The molecule has 6 heavy (non-hydrogen) atoms. The Hall–Kier alpha value is 0.440. The first kappa shape index (κ1) is 4.60. The highest BCUT2D eigenvalue weighted by atomic mass is 79.9. The molecule has 2 heteroatoms. The fourth-order valence-corrected chi connectivity index (χ4v) is 1.15. The van der Waals surface area contributed by atoms with Crippen LogP contribution in [-0.4, -0.2) is 11.4 Å². The molecule has 0 bridgehead atoms. The van der Waals surface area contributed by atoms with Gasteiger partial charge in [-0.2, -0.15) is 0 Å². The van der Waals surface area contributed by atoms with E-state index in [9.17, 15) is 0 Å². The van der Waals surface area contributed by atoms with E-state index in [-0.39, 0.29) is 0 Å². The standard InChI is InChI=1S/C4H8BrN/c5-4-1-3(4)2-6/h3-4H,1-2,6H2/t3-,4-/m1/s1. The first-order valence-corrected chi connectivity index (χ1v) is 3.10. The summed E-state index contributed by atoms with van der Waals surface area (Å²) in [7, 11) is 0. The Kier molecular flexibility index (Phi) is 1.15. The third-order valence-corrected chi connectivity index (χ3v) is 2.26. The summed E-state index contributed by atoms with van der Waals surface area (Å²) in [4.78, 5) is 0.752. The normalized spacial score (nSPS) is 43.0. The van der Waals surface area contributed by atoms with Crippen molar-refractivity contribution in [2.45, 2.75) is 11.2 Å². The van der Waals surface area contributed by atoms with Gasteiger partial charge in [0.1, 0.15) is 0 Å². The highest BCUT2D eigenvalue weighted by Gasteiger charge is 2.32. The largest absolute Gasteiger partial charge is 0.330 e. The molecule has 1 rings (SSSR count). The lowest BCUT2D eigenvalue weighted by atomic mass is 10.4. The lowest BCUT2D eigenvalue weighted by molar-refractivity contribution is 0.853. The van der Waals surface area contributed by atoms with E-state index in [0.29, 0.717) is 0 Å². The molecule has 1 saturated carbocycles. The second-order valence-electron chi connectivity index (χ2n) is 1.75. The van der Waals surface area contributed by atoms with Crippen molar-refractivity contribution in [1.29, 1.82) is 0 Å². The number of rotatable bonds is 1. The Balaban J connectivity index is 2.09. The summed E-state index contributed by atoms with van der Waals surface area (Å²) in [5.41, 5.74) is 5.29. The molecule has 1 aliphatic rings. The Morgan fingerprint density at radius 1 is 1.83 bits per heavy atom. The number of hydrogen-bond acceptors (Lipinski definition) is 1. The van der Waals surface area contributed by atoms with Crippen LogP contribution < -0.4 is 5.73 Å². The minimum absolute atomic E-state index is 0.752. The molecule has 2 atom stereocenters. The Labute approximate surface area is 46.0 Å². The molecule has 0 spiro atoms. The van der Waals surface area contributed by atoms with E-state index in [1.54, 1.807) is 0 Å². The van der Waals surface area contributed by atoms with Crippen molar-refractivity contribution in [2.75, 3.05) is 6.54 Å². The molecular formula is C4H8BrN. The van der Waals surface area contributed by atoms with Crippen molar-refractivity contribution in [3.63, 3.8) is 0 Å². The second-order valence-corrected chi connectivity index (χ2v) is 2.92. The Morgan fingerprint density at radius 2 is 2.33 bits per heavy atom. The maximum absolute atomic E-state index is 5.29. The minimum Gasteiger partial charge on any atom is -0.330 e. The van der Waals surface area contributed by atoms with E-state index in [0.717, 1.165) is 17.3 Å². The zero-order valence-corrected chi connectivity index (χ0v) is 5.11. The maximum Gasteiger partial charge on any atom is 0.0190 e.